The molecule has 2 aromatic rings. The standard InChI is InChI=1S/C23H28N2O4/c1-3-24-23(26)25-10-11-28-22(15-25)18-8-9-20(27-2)21(14-18)29-19-12-16-6-4-5-7-17(16)13-19/h4-9,14,19,22H,3,10-13,15H2,1-2H3,(H,24,26). The van der Waals surface area contributed by atoms with Crippen LogP contribution in [0.3, 0.4) is 0 Å². The van der Waals surface area contributed by atoms with Gasteiger partial charge in [0.15, 0.2) is 11.5 Å². The molecule has 1 aliphatic heterocycles. The molecule has 1 saturated heterocycles. The van der Waals surface area contributed by atoms with Crippen LogP contribution in [0.4, 0.5) is 4.79 Å². The van der Waals surface area contributed by atoms with Crippen molar-refractivity contribution in [3.63, 3.8) is 0 Å². The van der Waals surface area contributed by atoms with Gasteiger partial charge in [0.05, 0.1) is 20.3 Å². The number of hydrogen-bond donors (Lipinski definition) is 1. The Hall–Kier alpha value is -2.73. The van der Waals surface area contributed by atoms with E-state index in [0.717, 1.165) is 24.2 Å². The lowest BCUT2D eigenvalue weighted by atomic mass is 10.1. The van der Waals surface area contributed by atoms with E-state index in [1.54, 1.807) is 12.0 Å². The molecule has 1 fully saturated rings. The second kappa shape index (κ2) is 8.74. The smallest absolute Gasteiger partial charge is 0.317 e. The van der Waals surface area contributed by atoms with E-state index in [0.29, 0.717) is 32.0 Å². The molecule has 29 heavy (non-hydrogen) atoms. The van der Waals surface area contributed by atoms with E-state index in [1.807, 2.05) is 25.1 Å². The van der Waals surface area contributed by atoms with Crippen LogP contribution >= 0.6 is 0 Å². The lowest BCUT2D eigenvalue weighted by molar-refractivity contribution is -0.0155. The van der Waals surface area contributed by atoms with Gasteiger partial charge in [-0.1, -0.05) is 30.3 Å². The third kappa shape index (κ3) is 4.32. The molecule has 0 radical (unpaired) electrons. The Balaban J connectivity index is 1.49. The van der Waals surface area contributed by atoms with Crippen molar-refractivity contribution in [2.45, 2.75) is 32.0 Å². The van der Waals surface area contributed by atoms with Crippen molar-refractivity contribution >= 4 is 6.03 Å². The predicted molar refractivity (Wildman–Crippen MR) is 111 cm³/mol. The first-order valence-corrected chi connectivity index (χ1v) is 10.2. The number of carbonyl (C=O) groups excluding carboxylic acids is 1. The van der Waals surface area contributed by atoms with Crippen LogP contribution in [0.25, 0.3) is 0 Å². The third-order valence-electron chi connectivity index (χ3n) is 5.55. The lowest BCUT2D eigenvalue weighted by Gasteiger charge is -2.33. The number of amides is 2. The zero-order chi connectivity index (χ0) is 20.2. The highest BCUT2D eigenvalue weighted by atomic mass is 16.5. The van der Waals surface area contributed by atoms with Gasteiger partial charge in [-0.25, -0.2) is 4.79 Å². The normalized spacial score (nSPS) is 19.0. The van der Waals surface area contributed by atoms with Gasteiger partial charge in [-0.05, 0) is 35.7 Å². The number of morpholine rings is 1. The first kappa shape index (κ1) is 19.6. The van der Waals surface area contributed by atoms with E-state index >= 15 is 0 Å². The van der Waals surface area contributed by atoms with E-state index in [1.165, 1.54) is 11.1 Å². The maximum absolute atomic E-state index is 12.2. The van der Waals surface area contributed by atoms with E-state index in [9.17, 15) is 4.79 Å². The van der Waals surface area contributed by atoms with Crippen molar-refractivity contribution in [2.24, 2.45) is 0 Å². The Bertz CT molecular complexity index is 845. The summed E-state index contributed by atoms with van der Waals surface area (Å²) in [4.78, 5) is 14.0. The number of nitrogens with one attached hydrogen (secondary N) is 1. The minimum absolute atomic E-state index is 0.0468. The Labute approximate surface area is 171 Å². The van der Waals surface area contributed by atoms with Gasteiger partial charge in [0, 0.05) is 25.9 Å². The number of methoxy groups -OCH3 is 1. The number of urea groups is 1. The molecular weight excluding hydrogens is 368 g/mol. The first-order chi connectivity index (χ1) is 14.2. The maximum atomic E-state index is 12.2. The summed E-state index contributed by atoms with van der Waals surface area (Å²) < 4.78 is 17.8. The molecule has 4 rings (SSSR count). The number of carbonyl (C=O) groups is 1. The average Bonchev–Trinajstić information content (AvgIpc) is 3.16. The molecule has 1 atom stereocenters. The molecule has 2 aromatic carbocycles. The Kier molecular flexibility index (Phi) is 5.90. The van der Waals surface area contributed by atoms with Gasteiger partial charge in [-0.15, -0.1) is 0 Å². The zero-order valence-corrected chi connectivity index (χ0v) is 17.0. The minimum Gasteiger partial charge on any atom is -0.493 e. The summed E-state index contributed by atoms with van der Waals surface area (Å²) in [6, 6.07) is 14.3. The average molecular weight is 396 g/mol. The van der Waals surface area contributed by atoms with Crippen molar-refractivity contribution in [2.75, 3.05) is 33.4 Å². The molecule has 1 unspecified atom stereocenters. The fourth-order valence-corrected chi connectivity index (χ4v) is 4.07. The van der Waals surface area contributed by atoms with Gasteiger partial charge in [0.25, 0.3) is 0 Å². The largest absolute Gasteiger partial charge is 0.493 e. The van der Waals surface area contributed by atoms with Gasteiger partial charge in [-0.2, -0.15) is 0 Å². The molecular formula is C23H28N2O4. The molecule has 0 bridgehead atoms. The van der Waals surface area contributed by atoms with E-state index in [2.05, 4.69) is 29.6 Å². The van der Waals surface area contributed by atoms with Crippen LogP contribution in [0, 0.1) is 0 Å². The van der Waals surface area contributed by atoms with E-state index in [4.69, 9.17) is 14.2 Å². The lowest BCUT2D eigenvalue weighted by Crippen LogP contribution is -2.47. The highest BCUT2D eigenvalue weighted by Crippen LogP contribution is 2.35. The second-order valence-electron chi connectivity index (χ2n) is 7.47. The summed E-state index contributed by atoms with van der Waals surface area (Å²) in [5.74, 6) is 1.43. The maximum Gasteiger partial charge on any atom is 0.317 e. The summed E-state index contributed by atoms with van der Waals surface area (Å²) in [5, 5.41) is 2.86. The van der Waals surface area contributed by atoms with E-state index < -0.39 is 0 Å². The number of rotatable bonds is 5. The fourth-order valence-electron chi connectivity index (χ4n) is 4.07. The number of benzene rings is 2. The van der Waals surface area contributed by atoms with Crippen molar-refractivity contribution in [1.82, 2.24) is 10.2 Å². The van der Waals surface area contributed by atoms with Gasteiger partial charge in [0.2, 0.25) is 0 Å². The van der Waals surface area contributed by atoms with Crippen LogP contribution in [0.2, 0.25) is 0 Å². The van der Waals surface area contributed by atoms with Crippen LogP contribution in [0.1, 0.15) is 29.7 Å². The molecule has 6 nitrogen and oxygen atoms in total. The van der Waals surface area contributed by atoms with Crippen LogP contribution in [-0.2, 0) is 17.6 Å². The highest BCUT2D eigenvalue weighted by molar-refractivity contribution is 5.74. The number of fused-ring (bicyclic) bond motifs is 1. The van der Waals surface area contributed by atoms with Gasteiger partial charge in [-0.3, -0.25) is 0 Å². The fraction of sp³-hybridized carbons (Fsp3) is 0.435. The van der Waals surface area contributed by atoms with Crippen LogP contribution < -0.4 is 14.8 Å². The number of nitrogens with zero attached hydrogens (tertiary/aromatic N) is 1. The molecule has 2 amide bonds. The molecule has 0 aromatic heterocycles. The topological polar surface area (TPSA) is 60.0 Å². The van der Waals surface area contributed by atoms with Crippen LogP contribution in [0.5, 0.6) is 11.5 Å². The summed E-state index contributed by atoms with van der Waals surface area (Å²) in [5.41, 5.74) is 3.69. The van der Waals surface area contributed by atoms with Crippen molar-refractivity contribution in [3.8, 4) is 11.5 Å². The van der Waals surface area contributed by atoms with Crippen LogP contribution in [-0.4, -0.2) is 50.4 Å². The first-order valence-electron chi connectivity index (χ1n) is 10.2. The van der Waals surface area contributed by atoms with Crippen molar-refractivity contribution < 1.29 is 19.0 Å². The third-order valence-corrected chi connectivity index (χ3v) is 5.55. The molecule has 2 aliphatic rings. The van der Waals surface area contributed by atoms with Gasteiger partial charge >= 0.3 is 6.03 Å². The molecule has 0 spiro atoms. The molecule has 1 aliphatic carbocycles. The molecule has 1 N–H and O–H groups in total. The Morgan fingerprint density at radius 1 is 1.17 bits per heavy atom. The highest BCUT2D eigenvalue weighted by Gasteiger charge is 2.27. The SMILES string of the molecule is CCNC(=O)N1CCOC(c2ccc(OC)c(OC3Cc4ccccc4C3)c2)C1. The van der Waals surface area contributed by atoms with E-state index in [-0.39, 0.29) is 18.2 Å². The molecule has 0 saturated carbocycles. The molecule has 1 heterocycles. The van der Waals surface area contributed by atoms with Gasteiger partial charge < -0.3 is 24.4 Å². The Morgan fingerprint density at radius 3 is 2.62 bits per heavy atom. The zero-order valence-electron chi connectivity index (χ0n) is 17.0. The summed E-state index contributed by atoms with van der Waals surface area (Å²) >= 11 is 0. The Morgan fingerprint density at radius 2 is 1.93 bits per heavy atom. The summed E-state index contributed by atoms with van der Waals surface area (Å²) in [7, 11) is 1.65. The second-order valence-corrected chi connectivity index (χ2v) is 7.47. The number of ether oxygens (including phenoxy) is 3. The van der Waals surface area contributed by atoms with Crippen LogP contribution in [0.15, 0.2) is 42.5 Å². The predicted octanol–water partition coefficient (Wildman–Crippen LogP) is 3.34. The summed E-state index contributed by atoms with van der Waals surface area (Å²) in [6.45, 7) is 4.17. The van der Waals surface area contributed by atoms with Crippen molar-refractivity contribution in [3.05, 3.63) is 59.2 Å². The monoisotopic (exact) mass is 396 g/mol. The molecule has 154 valence electrons. The number of hydrogen-bond acceptors (Lipinski definition) is 4. The quantitative estimate of drug-likeness (QED) is 0.842. The van der Waals surface area contributed by atoms with Gasteiger partial charge in [0.1, 0.15) is 12.2 Å². The summed E-state index contributed by atoms with van der Waals surface area (Å²) in [6.07, 6.45) is 1.71. The molecule has 6 heteroatoms. The minimum atomic E-state index is -0.180. The van der Waals surface area contributed by atoms with Crippen molar-refractivity contribution in [1.29, 1.82) is 0 Å².